The molecular formula is C15H20N2O4. The lowest BCUT2D eigenvalue weighted by Crippen LogP contribution is -2.36. The highest BCUT2D eigenvalue weighted by Gasteiger charge is 2.22. The summed E-state index contributed by atoms with van der Waals surface area (Å²) in [4.78, 5) is 22.9. The van der Waals surface area contributed by atoms with E-state index in [1.165, 1.54) is 19.2 Å². The third kappa shape index (κ3) is 3.87. The fourth-order valence-corrected chi connectivity index (χ4v) is 2.64. The van der Waals surface area contributed by atoms with Crippen molar-refractivity contribution in [3.8, 4) is 5.75 Å². The molecule has 0 aliphatic heterocycles. The Morgan fingerprint density at radius 2 is 2.10 bits per heavy atom. The molecule has 21 heavy (non-hydrogen) atoms. The topological polar surface area (TPSA) is 87.7 Å². The van der Waals surface area contributed by atoms with Crippen LogP contribution in [0.1, 0.15) is 36.5 Å². The summed E-state index contributed by atoms with van der Waals surface area (Å²) in [7, 11) is 1.39. The van der Waals surface area contributed by atoms with E-state index in [4.69, 9.17) is 9.84 Å². The van der Waals surface area contributed by atoms with Crippen molar-refractivity contribution in [3.05, 3.63) is 23.8 Å². The molecular weight excluding hydrogens is 272 g/mol. The first-order valence-electron chi connectivity index (χ1n) is 6.98. The molecule has 0 aromatic heterocycles. The number of ether oxygens (including phenoxy) is 1. The Morgan fingerprint density at radius 1 is 1.33 bits per heavy atom. The van der Waals surface area contributed by atoms with Crippen LogP contribution < -0.4 is 15.4 Å². The normalized spacial score (nSPS) is 20.9. The molecule has 1 fully saturated rings. The molecule has 1 aromatic carbocycles. The van der Waals surface area contributed by atoms with Crippen molar-refractivity contribution in [1.29, 1.82) is 0 Å². The van der Waals surface area contributed by atoms with Crippen LogP contribution in [0.2, 0.25) is 0 Å². The van der Waals surface area contributed by atoms with Crippen LogP contribution in [-0.4, -0.2) is 30.3 Å². The SMILES string of the molecule is COc1cc(NC(=O)NC2CCC(C)C2)ccc1C(=O)O. The Balaban J connectivity index is 1.99. The van der Waals surface area contributed by atoms with Gasteiger partial charge in [-0.2, -0.15) is 0 Å². The number of benzene rings is 1. The van der Waals surface area contributed by atoms with Crippen LogP contribution in [0.4, 0.5) is 10.5 Å². The fourth-order valence-electron chi connectivity index (χ4n) is 2.64. The van der Waals surface area contributed by atoms with Gasteiger partial charge in [0.25, 0.3) is 0 Å². The fraction of sp³-hybridized carbons (Fsp3) is 0.467. The molecule has 114 valence electrons. The molecule has 1 aromatic rings. The molecule has 2 amide bonds. The number of carboxylic acids is 1. The molecule has 1 saturated carbocycles. The van der Waals surface area contributed by atoms with E-state index in [1.54, 1.807) is 6.07 Å². The summed E-state index contributed by atoms with van der Waals surface area (Å²) in [6.45, 7) is 2.18. The summed E-state index contributed by atoms with van der Waals surface area (Å²) in [5, 5.41) is 14.6. The standard InChI is InChI=1S/C15H20N2O4/c1-9-3-4-10(7-9)16-15(20)17-11-5-6-12(14(18)19)13(8-11)21-2/h5-6,8-10H,3-4,7H2,1-2H3,(H,18,19)(H2,16,17,20). The average Bonchev–Trinajstić information content (AvgIpc) is 2.83. The predicted octanol–water partition coefficient (Wildman–Crippen LogP) is 2.70. The zero-order valence-electron chi connectivity index (χ0n) is 12.2. The molecule has 0 spiro atoms. The van der Waals surface area contributed by atoms with Gasteiger partial charge in [-0.25, -0.2) is 9.59 Å². The molecule has 1 aliphatic rings. The summed E-state index contributed by atoms with van der Waals surface area (Å²) >= 11 is 0. The number of anilines is 1. The van der Waals surface area contributed by atoms with Gasteiger partial charge in [-0.05, 0) is 37.3 Å². The number of nitrogens with one attached hydrogen (secondary N) is 2. The van der Waals surface area contributed by atoms with Crippen LogP contribution in [-0.2, 0) is 0 Å². The molecule has 6 heteroatoms. The molecule has 0 heterocycles. The minimum Gasteiger partial charge on any atom is -0.496 e. The maximum Gasteiger partial charge on any atom is 0.339 e. The number of hydrogen-bond acceptors (Lipinski definition) is 3. The van der Waals surface area contributed by atoms with E-state index in [0.717, 1.165) is 19.3 Å². The van der Waals surface area contributed by atoms with Crippen LogP contribution >= 0.6 is 0 Å². The lowest BCUT2D eigenvalue weighted by Gasteiger charge is -2.14. The maximum atomic E-state index is 11.9. The van der Waals surface area contributed by atoms with Crippen LogP contribution in [0.3, 0.4) is 0 Å². The van der Waals surface area contributed by atoms with E-state index in [9.17, 15) is 9.59 Å². The number of carbonyl (C=O) groups excluding carboxylic acids is 1. The molecule has 2 rings (SSSR count). The second-order valence-electron chi connectivity index (χ2n) is 5.43. The number of aromatic carboxylic acids is 1. The number of methoxy groups -OCH3 is 1. The van der Waals surface area contributed by atoms with Gasteiger partial charge in [-0.3, -0.25) is 0 Å². The van der Waals surface area contributed by atoms with Gasteiger partial charge in [-0.15, -0.1) is 0 Å². The van der Waals surface area contributed by atoms with Crippen molar-refractivity contribution in [3.63, 3.8) is 0 Å². The van der Waals surface area contributed by atoms with E-state index in [0.29, 0.717) is 11.6 Å². The third-order valence-electron chi connectivity index (χ3n) is 3.72. The van der Waals surface area contributed by atoms with E-state index < -0.39 is 5.97 Å². The third-order valence-corrected chi connectivity index (χ3v) is 3.72. The number of carbonyl (C=O) groups is 2. The van der Waals surface area contributed by atoms with Gasteiger partial charge in [0.15, 0.2) is 0 Å². The van der Waals surface area contributed by atoms with Gasteiger partial charge in [0.2, 0.25) is 0 Å². The van der Waals surface area contributed by atoms with Gasteiger partial charge in [0.1, 0.15) is 11.3 Å². The minimum atomic E-state index is -1.07. The van der Waals surface area contributed by atoms with Crippen LogP contribution in [0, 0.1) is 5.92 Å². The Kier molecular flexibility index (Phi) is 4.67. The number of hydrogen-bond donors (Lipinski definition) is 3. The molecule has 6 nitrogen and oxygen atoms in total. The van der Waals surface area contributed by atoms with E-state index >= 15 is 0 Å². The Bertz CT molecular complexity index is 544. The summed E-state index contributed by atoms with van der Waals surface area (Å²) in [5.41, 5.74) is 0.563. The van der Waals surface area contributed by atoms with Crippen molar-refractivity contribution in [1.82, 2.24) is 5.32 Å². The highest BCUT2D eigenvalue weighted by molar-refractivity contribution is 5.94. The second kappa shape index (κ2) is 6.47. The first-order chi connectivity index (χ1) is 9.99. The Morgan fingerprint density at radius 3 is 2.67 bits per heavy atom. The highest BCUT2D eigenvalue weighted by Crippen LogP contribution is 2.25. The monoisotopic (exact) mass is 292 g/mol. The second-order valence-corrected chi connectivity index (χ2v) is 5.43. The van der Waals surface area contributed by atoms with Crippen LogP contribution in [0.15, 0.2) is 18.2 Å². The number of carboxylic acid groups (broad SMARTS) is 1. The summed E-state index contributed by atoms with van der Waals surface area (Å²) in [6.07, 6.45) is 3.12. The van der Waals surface area contributed by atoms with Gasteiger partial charge < -0.3 is 20.5 Å². The first-order valence-corrected chi connectivity index (χ1v) is 6.98. The Hall–Kier alpha value is -2.24. The molecule has 3 N–H and O–H groups in total. The molecule has 0 saturated heterocycles. The maximum absolute atomic E-state index is 11.9. The number of rotatable bonds is 4. The minimum absolute atomic E-state index is 0.0630. The van der Waals surface area contributed by atoms with Crippen molar-refractivity contribution >= 4 is 17.7 Å². The van der Waals surface area contributed by atoms with E-state index in [1.807, 2.05) is 0 Å². The lowest BCUT2D eigenvalue weighted by molar-refractivity contribution is 0.0693. The number of amides is 2. The highest BCUT2D eigenvalue weighted by atomic mass is 16.5. The van der Waals surface area contributed by atoms with Gasteiger partial charge in [0, 0.05) is 17.8 Å². The molecule has 2 atom stereocenters. The van der Waals surface area contributed by atoms with E-state index in [2.05, 4.69) is 17.6 Å². The van der Waals surface area contributed by atoms with Gasteiger partial charge >= 0.3 is 12.0 Å². The van der Waals surface area contributed by atoms with Gasteiger partial charge in [-0.1, -0.05) is 6.92 Å². The van der Waals surface area contributed by atoms with Crippen molar-refractivity contribution in [2.24, 2.45) is 5.92 Å². The predicted molar refractivity (Wildman–Crippen MR) is 78.9 cm³/mol. The quantitative estimate of drug-likeness (QED) is 0.796. The van der Waals surface area contributed by atoms with Crippen LogP contribution in [0.5, 0.6) is 5.75 Å². The smallest absolute Gasteiger partial charge is 0.339 e. The number of urea groups is 1. The van der Waals surface area contributed by atoms with E-state index in [-0.39, 0.29) is 23.4 Å². The summed E-state index contributed by atoms with van der Waals surface area (Å²) < 4.78 is 5.02. The average molecular weight is 292 g/mol. The molecule has 1 aliphatic carbocycles. The zero-order chi connectivity index (χ0) is 15.4. The zero-order valence-corrected chi connectivity index (χ0v) is 12.2. The van der Waals surface area contributed by atoms with Crippen molar-refractivity contribution < 1.29 is 19.4 Å². The lowest BCUT2D eigenvalue weighted by atomic mass is 10.1. The molecule has 0 radical (unpaired) electrons. The Labute approximate surface area is 123 Å². The molecule has 2 unspecified atom stereocenters. The molecule has 0 bridgehead atoms. The van der Waals surface area contributed by atoms with Gasteiger partial charge in [0.05, 0.1) is 7.11 Å². The summed E-state index contributed by atoms with van der Waals surface area (Å²) in [6, 6.07) is 4.39. The van der Waals surface area contributed by atoms with Crippen molar-refractivity contribution in [2.45, 2.75) is 32.2 Å². The summed E-state index contributed by atoms with van der Waals surface area (Å²) in [5.74, 6) is -0.206. The largest absolute Gasteiger partial charge is 0.496 e. The van der Waals surface area contributed by atoms with Crippen molar-refractivity contribution in [2.75, 3.05) is 12.4 Å². The first kappa shape index (κ1) is 15.2. The van der Waals surface area contributed by atoms with Crippen LogP contribution in [0.25, 0.3) is 0 Å².